The number of imide groups is 1. The van der Waals surface area contributed by atoms with E-state index in [9.17, 15) is 19.2 Å². The van der Waals surface area contributed by atoms with Crippen molar-refractivity contribution in [3.8, 4) is 5.75 Å². The monoisotopic (exact) mass is 721 g/mol. The average molecular weight is 723 g/mol. The molecule has 2 saturated carbocycles. The molecule has 12 heteroatoms. The number of fused-ring (bicyclic) bond motifs is 9. The van der Waals surface area contributed by atoms with Crippen molar-refractivity contribution in [1.29, 1.82) is 0 Å². The lowest BCUT2D eigenvalue weighted by atomic mass is 9.68. The van der Waals surface area contributed by atoms with E-state index in [1.165, 1.54) is 16.2 Å². The van der Waals surface area contributed by atoms with Gasteiger partial charge in [0.1, 0.15) is 5.75 Å². The second-order valence-corrected chi connectivity index (χ2v) is 15.4. The molecule has 3 heterocycles. The minimum atomic E-state index is -0.437. The molecule has 3 amide bonds. The summed E-state index contributed by atoms with van der Waals surface area (Å²) in [4.78, 5) is 58.6. The lowest BCUT2D eigenvalue weighted by Crippen LogP contribution is -2.42. The number of amides is 3. The lowest BCUT2D eigenvalue weighted by Gasteiger charge is -2.43. The van der Waals surface area contributed by atoms with E-state index in [4.69, 9.17) is 16.3 Å². The molecule has 0 radical (unpaired) electrons. The molecule has 45 heavy (non-hydrogen) atoms. The van der Waals surface area contributed by atoms with E-state index in [1.54, 1.807) is 36.0 Å². The Balaban J connectivity index is 1.15. The number of hydrogen-bond acceptors (Lipinski definition) is 7. The molecule has 2 aliphatic carbocycles. The highest BCUT2D eigenvalue weighted by atomic mass is 79.9. The fourth-order valence-corrected chi connectivity index (χ4v) is 11.3. The smallest absolute Gasteiger partial charge is 0.305 e. The number of anilines is 2. The van der Waals surface area contributed by atoms with Crippen molar-refractivity contribution in [2.45, 2.75) is 22.6 Å². The number of nitrogens with zero attached hydrogens (tertiary/aromatic N) is 1. The van der Waals surface area contributed by atoms with Crippen LogP contribution in [0.25, 0.3) is 0 Å². The number of nitrogens with one attached hydrogen (secondary N) is 2. The van der Waals surface area contributed by atoms with E-state index in [2.05, 4.69) is 26.2 Å². The van der Waals surface area contributed by atoms with Gasteiger partial charge in [-0.1, -0.05) is 57.1 Å². The summed E-state index contributed by atoms with van der Waals surface area (Å²) < 4.78 is 7.01. The number of rotatable bonds is 6. The van der Waals surface area contributed by atoms with E-state index in [-0.39, 0.29) is 58.1 Å². The molecule has 8 nitrogen and oxygen atoms in total. The molecule has 1 saturated heterocycles. The van der Waals surface area contributed by atoms with Crippen LogP contribution >= 0.6 is 50.6 Å². The zero-order valence-electron chi connectivity index (χ0n) is 23.4. The number of carbonyl (C=O) groups excluding carboxylic acids is 3. The van der Waals surface area contributed by atoms with Crippen LogP contribution in [0.15, 0.2) is 87.1 Å². The number of halogens is 2. The topological polar surface area (TPSA) is 109 Å². The molecule has 228 valence electrons. The van der Waals surface area contributed by atoms with Crippen LogP contribution in [0.5, 0.6) is 5.75 Å². The molecular weight excluding hydrogens is 698 g/mol. The van der Waals surface area contributed by atoms with Gasteiger partial charge in [0.2, 0.25) is 11.8 Å². The Morgan fingerprint density at radius 1 is 1.00 bits per heavy atom. The Labute approximate surface area is 279 Å². The summed E-state index contributed by atoms with van der Waals surface area (Å²) in [5, 5.41) is 4.22. The Kier molecular flexibility index (Phi) is 7.20. The summed E-state index contributed by atoms with van der Waals surface area (Å²) in [6.07, 6.45) is 0.767. The van der Waals surface area contributed by atoms with Crippen LogP contribution in [0.1, 0.15) is 22.8 Å². The predicted octanol–water partition coefficient (Wildman–Crippen LogP) is 6.55. The van der Waals surface area contributed by atoms with Gasteiger partial charge in [-0.15, -0.1) is 11.8 Å². The second kappa shape index (κ2) is 11.2. The lowest BCUT2D eigenvalue weighted by molar-refractivity contribution is -0.123. The Hall–Kier alpha value is -3.38. The summed E-state index contributed by atoms with van der Waals surface area (Å²) in [5.41, 5.74) is 2.06. The molecule has 3 fully saturated rings. The minimum absolute atomic E-state index is 0.0167. The SMILES string of the molecule is O=C(COc1ccc(Br)cc1[C@H]1c2sc(=O)[nH]c2SC2C1[C@H]1C[C@@H]2C2C(=O)N(c3ccc(Cl)cc3)C(=O)C21)Nc1ccccc1. The number of thiazole rings is 1. The minimum Gasteiger partial charge on any atom is -0.483 e. The normalized spacial score (nSPS) is 27.7. The van der Waals surface area contributed by atoms with E-state index >= 15 is 0 Å². The van der Waals surface area contributed by atoms with Crippen molar-refractivity contribution in [2.75, 3.05) is 16.8 Å². The largest absolute Gasteiger partial charge is 0.483 e. The van der Waals surface area contributed by atoms with Crippen molar-refractivity contribution in [2.24, 2.45) is 29.6 Å². The first-order valence-corrected chi connectivity index (χ1v) is 17.5. The highest BCUT2D eigenvalue weighted by molar-refractivity contribution is 9.10. The van der Waals surface area contributed by atoms with Gasteiger partial charge in [0, 0.05) is 36.8 Å². The third-order valence-electron chi connectivity index (χ3n) is 9.53. The van der Waals surface area contributed by atoms with Gasteiger partial charge in [-0.2, -0.15) is 0 Å². The number of benzene rings is 3. The van der Waals surface area contributed by atoms with E-state index in [0.29, 0.717) is 22.1 Å². The van der Waals surface area contributed by atoms with Crippen LogP contribution in [-0.2, 0) is 14.4 Å². The molecule has 4 unspecified atom stereocenters. The maximum Gasteiger partial charge on any atom is 0.305 e. The van der Waals surface area contributed by atoms with Crippen molar-refractivity contribution in [3.05, 3.63) is 102 Å². The molecular formula is C33H25BrClN3O5S2. The summed E-state index contributed by atoms with van der Waals surface area (Å²) in [6, 6.07) is 21.7. The van der Waals surface area contributed by atoms with Gasteiger partial charge in [0.25, 0.3) is 5.91 Å². The van der Waals surface area contributed by atoms with Crippen LogP contribution in [0.4, 0.5) is 11.4 Å². The van der Waals surface area contributed by atoms with E-state index in [1.807, 2.05) is 48.5 Å². The van der Waals surface area contributed by atoms with Gasteiger partial charge >= 0.3 is 4.87 Å². The maximum absolute atomic E-state index is 14.0. The van der Waals surface area contributed by atoms with Crippen molar-refractivity contribution >= 4 is 79.7 Å². The first-order chi connectivity index (χ1) is 21.8. The third kappa shape index (κ3) is 4.78. The number of aromatic nitrogens is 1. The molecule has 0 spiro atoms. The van der Waals surface area contributed by atoms with Crippen LogP contribution < -0.4 is 19.8 Å². The van der Waals surface area contributed by atoms with Gasteiger partial charge in [0.05, 0.1) is 22.5 Å². The van der Waals surface area contributed by atoms with Crippen molar-refractivity contribution in [1.82, 2.24) is 4.98 Å². The van der Waals surface area contributed by atoms with Crippen LogP contribution in [0.2, 0.25) is 5.02 Å². The highest BCUT2D eigenvalue weighted by Crippen LogP contribution is 2.69. The van der Waals surface area contributed by atoms with Crippen molar-refractivity contribution in [3.63, 3.8) is 0 Å². The molecule has 7 atom stereocenters. The first-order valence-electron chi connectivity index (χ1n) is 14.6. The third-order valence-corrected chi connectivity index (χ3v) is 12.9. The first kappa shape index (κ1) is 29.1. The number of para-hydroxylation sites is 1. The van der Waals surface area contributed by atoms with E-state index < -0.39 is 11.8 Å². The summed E-state index contributed by atoms with van der Waals surface area (Å²) >= 11 is 12.5. The molecule has 3 aromatic carbocycles. The fourth-order valence-electron chi connectivity index (χ4n) is 7.97. The molecule has 2 N–H and O–H groups in total. The molecule has 4 aliphatic rings. The van der Waals surface area contributed by atoms with Gasteiger partial charge in [0.15, 0.2) is 6.61 Å². The Morgan fingerprint density at radius 3 is 2.49 bits per heavy atom. The Morgan fingerprint density at radius 2 is 1.73 bits per heavy atom. The number of aromatic amines is 1. The van der Waals surface area contributed by atoms with Gasteiger partial charge in [-0.05, 0) is 78.8 Å². The van der Waals surface area contributed by atoms with Gasteiger partial charge in [-0.3, -0.25) is 24.1 Å². The number of carbonyl (C=O) groups is 3. The zero-order chi connectivity index (χ0) is 31.0. The molecule has 2 bridgehead atoms. The van der Waals surface area contributed by atoms with Gasteiger partial charge in [-0.25, -0.2) is 0 Å². The van der Waals surface area contributed by atoms with Gasteiger partial charge < -0.3 is 15.0 Å². The number of H-pyrrole nitrogens is 1. The molecule has 2 aliphatic heterocycles. The standard InChI is InChI=1S/C33H25BrClN3O5S2/c34-15-6-11-22(43-14-23(39)36-17-4-2-1-3-5-17)19(12-15)24-25-20-13-21(28(25)44-30-29(24)45-33(42)37-30)27-26(20)31(40)38(32(27)41)18-9-7-16(35)8-10-18/h1-12,20-21,24-28H,13-14H2,(H,36,39)(H,37,42)/t20-,21-,24-,25?,26?,27?,28?/m1/s1. The van der Waals surface area contributed by atoms with Crippen LogP contribution in [-0.4, -0.2) is 34.6 Å². The number of hydrogen-bond donors (Lipinski definition) is 2. The summed E-state index contributed by atoms with van der Waals surface area (Å²) in [5.74, 6) is -1.27. The van der Waals surface area contributed by atoms with Crippen LogP contribution in [0, 0.1) is 29.6 Å². The zero-order valence-corrected chi connectivity index (χ0v) is 27.4. The molecule has 4 aromatic rings. The quantitative estimate of drug-likeness (QED) is 0.219. The predicted molar refractivity (Wildman–Crippen MR) is 177 cm³/mol. The average Bonchev–Trinajstić information content (AvgIpc) is 3.76. The van der Waals surface area contributed by atoms with Crippen LogP contribution in [0.3, 0.4) is 0 Å². The maximum atomic E-state index is 14.0. The Bertz CT molecular complexity index is 1920. The summed E-state index contributed by atoms with van der Waals surface area (Å²) in [7, 11) is 0. The fraction of sp³-hybridized carbons (Fsp3) is 0.273. The molecule has 8 rings (SSSR count). The van der Waals surface area contributed by atoms with E-state index in [0.717, 1.165) is 26.4 Å². The second-order valence-electron chi connectivity index (χ2n) is 11.8. The summed E-state index contributed by atoms with van der Waals surface area (Å²) in [6.45, 7) is -0.199. The number of ether oxygens (including phenoxy) is 1. The van der Waals surface area contributed by atoms with Crippen molar-refractivity contribution < 1.29 is 19.1 Å². The number of thioether (sulfide) groups is 1. The highest BCUT2D eigenvalue weighted by Gasteiger charge is 2.69. The molecule has 1 aromatic heterocycles.